The van der Waals surface area contributed by atoms with Gasteiger partial charge in [0.2, 0.25) is 0 Å². The Morgan fingerprint density at radius 1 is 1.53 bits per heavy atom. The van der Waals surface area contributed by atoms with Gasteiger partial charge in [0.1, 0.15) is 5.84 Å². The molecule has 0 aromatic carbocycles. The van der Waals surface area contributed by atoms with Gasteiger partial charge in [-0.3, -0.25) is 15.1 Å². The summed E-state index contributed by atoms with van der Waals surface area (Å²) in [5.74, 6) is 0.180. The van der Waals surface area contributed by atoms with Gasteiger partial charge in [-0.05, 0) is 38.7 Å². The largest absolute Gasteiger partial charge is 0.290 e. The van der Waals surface area contributed by atoms with Crippen LogP contribution in [-0.4, -0.2) is 34.1 Å². The fraction of sp³-hybridized carbons (Fsp3) is 0.417. The molecule has 0 heterocycles. The number of amidine groups is 2. The predicted molar refractivity (Wildman–Crippen MR) is 75.7 cm³/mol. The van der Waals surface area contributed by atoms with Crippen molar-refractivity contribution in [3.05, 3.63) is 24.8 Å². The Hall–Kier alpha value is -1.36. The second kappa shape index (κ2) is 7.06. The van der Waals surface area contributed by atoms with Crippen LogP contribution in [0.2, 0.25) is 0 Å². The Balaban J connectivity index is 5.47. The monoisotopic (exact) mass is 253 g/mol. The molecular formula is C12H19N3OS. The summed E-state index contributed by atoms with van der Waals surface area (Å²) in [5, 5.41) is 7.71. The lowest BCUT2D eigenvalue weighted by Gasteiger charge is -2.27. The lowest BCUT2D eigenvalue weighted by molar-refractivity contribution is -0.123. The van der Waals surface area contributed by atoms with Crippen LogP contribution < -0.4 is 0 Å². The highest BCUT2D eigenvalue weighted by molar-refractivity contribution is 8.13. The molecule has 0 aromatic heterocycles. The van der Waals surface area contributed by atoms with Crippen LogP contribution in [0.5, 0.6) is 0 Å². The van der Waals surface area contributed by atoms with Gasteiger partial charge in [-0.2, -0.15) is 0 Å². The number of rotatable bonds is 3. The third-order valence-corrected chi connectivity index (χ3v) is 2.42. The zero-order valence-corrected chi connectivity index (χ0v) is 11.6. The fourth-order valence-corrected chi connectivity index (χ4v) is 1.38. The third kappa shape index (κ3) is 4.56. The van der Waals surface area contributed by atoms with Crippen molar-refractivity contribution in [2.45, 2.75) is 26.8 Å². The number of carbonyl (C=O) groups is 1. The van der Waals surface area contributed by atoms with E-state index in [2.05, 4.69) is 18.2 Å². The van der Waals surface area contributed by atoms with Crippen LogP contribution >= 0.6 is 11.8 Å². The summed E-state index contributed by atoms with van der Waals surface area (Å²) in [7, 11) is 0. The molecule has 0 aliphatic heterocycles. The lowest BCUT2D eigenvalue weighted by Crippen LogP contribution is -2.41. The molecule has 1 N–H and O–H groups in total. The number of nitrogens with zero attached hydrogens (tertiary/aromatic N) is 2. The van der Waals surface area contributed by atoms with E-state index in [-0.39, 0.29) is 17.1 Å². The van der Waals surface area contributed by atoms with Crippen molar-refractivity contribution in [2.75, 3.05) is 6.26 Å². The maximum absolute atomic E-state index is 11.8. The van der Waals surface area contributed by atoms with E-state index < -0.39 is 0 Å². The van der Waals surface area contributed by atoms with Crippen molar-refractivity contribution in [3.63, 3.8) is 0 Å². The fourth-order valence-electron chi connectivity index (χ4n) is 1.20. The average molecular weight is 253 g/mol. The van der Waals surface area contributed by atoms with Crippen LogP contribution in [0.15, 0.2) is 29.8 Å². The highest BCUT2D eigenvalue weighted by atomic mass is 32.2. The van der Waals surface area contributed by atoms with E-state index in [1.807, 2.05) is 13.8 Å². The first-order chi connectivity index (χ1) is 7.84. The van der Waals surface area contributed by atoms with Gasteiger partial charge in [0.15, 0.2) is 5.17 Å². The van der Waals surface area contributed by atoms with Gasteiger partial charge in [-0.1, -0.05) is 24.9 Å². The van der Waals surface area contributed by atoms with Crippen LogP contribution in [0.25, 0.3) is 0 Å². The number of hydrogen-bond acceptors (Lipinski definition) is 3. The summed E-state index contributed by atoms with van der Waals surface area (Å²) in [6.45, 7) is 12.8. The molecule has 0 unspecified atom stereocenters. The molecule has 0 saturated heterocycles. The van der Waals surface area contributed by atoms with Gasteiger partial charge in [0, 0.05) is 6.04 Å². The summed E-state index contributed by atoms with van der Waals surface area (Å²) in [4.78, 5) is 17.4. The molecule has 94 valence electrons. The van der Waals surface area contributed by atoms with Gasteiger partial charge in [-0.15, -0.1) is 0 Å². The number of carbonyl (C=O) groups excluding carboxylic acids is 1. The Morgan fingerprint density at radius 3 is 2.35 bits per heavy atom. The molecular weight excluding hydrogens is 234 g/mol. The molecule has 0 fully saturated rings. The summed E-state index contributed by atoms with van der Waals surface area (Å²) >= 11 is 1.21. The highest BCUT2D eigenvalue weighted by Gasteiger charge is 2.21. The van der Waals surface area contributed by atoms with Crippen LogP contribution in [0.4, 0.5) is 0 Å². The van der Waals surface area contributed by atoms with E-state index >= 15 is 0 Å². The molecule has 0 rings (SSSR count). The molecule has 0 spiro atoms. The molecule has 1 amide bonds. The average Bonchev–Trinajstić information content (AvgIpc) is 2.26. The molecule has 0 atom stereocenters. The Labute approximate surface area is 107 Å². The molecule has 5 heteroatoms. The van der Waals surface area contributed by atoms with Gasteiger partial charge in [0.05, 0.1) is 0 Å². The van der Waals surface area contributed by atoms with Crippen LogP contribution in [-0.2, 0) is 4.79 Å². The van der Waals surface area contributed by atoms with E-state index in [1.165, 1.54) is 22.7 Å². The molecule has 0 aromatic rings. The van der Waals surface area contributed by atoms with Gasteiger partial charge in [0.25, 0.3) is 5.91 Å². The van der Waals surface area contributed by atoms with E-state index in [4.69, 9.17) is 5.41 Å². The zero-order valence-electron chi connectivity index (χ0n) is 10.8. The molecule has 17 heavy (non-hydrogen) atoms. The second-order valence-electron chi connectivity index (χ2n) is 3.73. The Morgan fingerprint density at radius 2 is 2.06 bits per heavy atom. The molecule has 0 aliphatic carbocycles. The number of amides is 1. The van der Waals surface area contributed by atoms with Gasteiger partial charge < -0.3 is 0 Å². The maximum Gasteiger partial charge on any atom is 0.251 e. The van der Waals surface area contributed by atoms with E-state index in [9.17, 15) is 4.79 Å². The maximum atomic E-state index is 11.8. The minimum atomic E-state index is -0.240. The quantitative estimate of drug-likeness (QED) is 0.477. The minimum Gasteiger partial charge on any atom is -0.290 e. The smallest absolute Gasteiger partial charge is 0.251 e. The summed E-state index contributed by atoms with van der Waals surface area (Å²) in [6.07, 6.45) is 3.00. The van der Waals surface area contributed by atoms with Crippen molar-refractivity contribution in [1.82, 2.24) is 4.90 Å². The van der Waals surface area contributed by atoms with E-state index in [0.29, 0.717) is 11.4 Å². The second-order valence-corrected chi connectivity index (χ2v) is 4.53. The first-order valence-corrected chi connectivity index (χ1v) is 6.40. The molecule has 0 radical (unpaired) electrons. The lowest BCUT2D eigenvalue weighted by atomic mass is 10.2. The Kier molecular flexibility index (Phi) is 6.50. The van der Waals surface area contributed by atoms with Crippen LogP contribution in [0.3, 0.4) is 0 Å². The predicted octanol–water partition coefficient (Wildman–Crippen LogP) is 2.68. The van der Waals surface area contributed by atoms with Crippen LogP contribution in [0, 0.1) is 5.41 Å². The van der Waals surface area contributed by atoms with Gasteiger partial charge in [-0.25, -0.2) is 4.99 Å². The molecule has 0 aliphatic rings. The number of hydrogen-bond donors (Lipinski definition) is 1. The van der Waals surface area contributed by atoms with Crippen molar-refractivity contribution in [1.29, 1.82) is 5.41 Å². The normalized spacial score (nSPS) is 11.2. The standard InChI is InChI=1S/C12H19N3OS/c1-7-10(16)15(9(4)5)11(8(2)3)14-12(13)17-6/h7,9,13H,1-2H2,3-6H3/b13-12?,14-11+. The SMILES string of the molecule is C=CC(=O)N(/C(=N/C(=N)SC)C(=C)C)C(C)C. The summed E-state index contributed by atoms with van der Waals surface area (Å²) in [5.41, 5.74) is 0.646. The first-order valence-electron chi connectivity index (χ1n) is 5.17. The molecule has 4 nitrogen and oxygen atoms in total. The summed E-state index contributed by atoms with van der Waals surface area (Å²) in [6, 6.07) is -0.0643. The number of nitrogens with one attached hydrogen (secondary N) is 1. The van der Waals surface area contributed by atoms with Crippen molar-refractivity contribution in [3.8, 4) is 0 Å². The minimum absolute atomic E-state index is 0.0643. The van der Waals surface area contributed by atoms with Crippen molar-refractivity contribution < 1.29 is 4.79 Å². The zero-order chi connectivity index (χ0) is 13.6. The Bertz CT molecular complexity index is 372. The van der Waals surface area contributed by atoms with Crippen molar-refractivity contribution in [2.24, 2.45) is 4.99 Å². The van der Waals surface area contributed by atoms with Crippen molar-refractivity contribution >= 4 is 28.7 Å². The number of thioether (sulfide) groups is 1. The van der Waals surface area contributed by atoms with Crippen LogP contribution in [0.1, 0.15) is 20.8 Å². The summed E-state index contributed by atoms with van der Waals surface area (Å²) < 4.78 is 0. The van der Waals surface area contributed by atoms with Gasteiger partial charge >= 0.3 is 0 Å². The molecule has 0 bridgehead atoms. The van der Waals surface area contributed by atoms with E-state index in [1.54, 1.807) is 13.2 Å². The van der Waals surface area contributed by atoms with E-state index in [0.717, 1.165) is 0 Å². The first kappa shape index (κ1) is 15.6. The number of aliphatic imine (C=N–C) groups is 1. The topological polar surface area (TPSA) is 56.5 Å². The third-order valence-electron chi connectivity index (χ3n) is 1.94. The highest BCUT2D eigenvalue weighted by Crippen LogP contribution is 2.10. The molecule has 0 saturated carbocycles.